The monoisotopic (exact) mass is 352 g/mol. The van der Waals surface area contributed by atoms with Gasteiger partial charge in [0.15, 0.2) is 0 Å². The van der Waals surface area contributed by atoms with Crippen LogP contribution < -0.4 is 0 Å². The van der Waals surface area contributed by atoms with Gasteiger partial charge in [-0.1, -0.05) is 107 Å². The fraction of sp³-hybridized carbons (Fsp3) is 0.520. The third-order valence-electron chi connectivity index (χ3n) is 5.27. The van der Waals surface area contributed by atoms with Gasteiger partial charge in [0, 0.05) is 12.0 Å². The lowest BCUT2D eigenvalue weighted by molar-refractivity contribution is 0.468. The van der Waals surface area contributed by atoms with Gasteiger partial charge in [0.2, 0.25) is 0 Å². The minimum atomic E-state index is 0.443. The van der Waals surface area contributed by atoms with Crippen LogP contribution in [0.4, 0.5) is 0 Å². The summed E-state index contributed by atoms with van der Waals surface area (Å²) in [7, 11) is 0. The number of phenolic OH excluding ortho intramolecular Hbond substituents is 1. The van der Waals surface area contributed by atoms with E-state index in [1.807, 2.05) is 18.2 Å². The van der Waals surface area contributed by atoms with E-state index in [1.165, 1.54) is 75.3 Å². The fourth-order valence-corrected chi connectivity index (χ4v) is 3.66. The van der Waals surface area contributed by atoms with E-state index in [-0.39, 0.29) is 0 Å². The number of aromatic hydroxyl groups is 1. The van der Waals surface area contributed by atoms with E-state index in [2.05, 4.69) is 37.3 Å². The molecule has 0 aromatic heterocycles. The van der Waals surface area contributed by atoms with E-state index < -0.39 is 0 Å². The molecule has 0 saturated carbocycles. The summed E-state index contributed by atoms with van der Waals surface area (Å²) in [6.07, 6.45) is 15.5. The molecule has 0 bridgehead atoms. The van der Waals surface area contributed by atoms with Crippen LogP contribution in [0.15, 0.2) is 48.5 Å². The molecule has 0 aliphatic rings. The van der Waals surface area contributed by atoms with Crippen molar-refractivity contribution < 1.29 is 5.11 Å². The number of hydrogen-bond acceptors (Lipinski definition) is 1. The Labute approximate surface area is 160 Å². The Balaban J connectivity index is 1.70. The molecule has 2 rings (SSSR count). The van der Waals surface area contributed by atoms with Crippen LogP contribution in [-0.4, -0.2) is 5.11 Å². The number of phenols is 1. The number of unbranched alkanes of at least 4 members (excludes halogenated alkanes) is 9. The molecule has 26 heavy (non-hydrogen) atoms. The first-order chi connectivity index (χ1) is 12.8. The minimum Gasteiger partial charge on any atom is -0.508 e. The van der Waals surface area contributed by atoms with E-state index in [9.17, 15) is 5.11 Å². The number of rotatable bonds is 13. The van der Waals surface area contributed by atoms with Crippen LogP contribution in [0.2, 0.25) is 0 Å². The van der Waals surface area contributed by atoms with Gasteiger partial charge >= 0.3 is 0 Å². The van der Waals surface area contributed by atoms with E-state index in [0.717, 1.165) is 18.4 Å². The Kier molecular flexibility index (Phi) is 9.94. The van der Waals surface area contributed by atoms with E-state index in [1.54, 1.807) is 0 Å². The molecule has 2 aromatic rings. The zero-order valence-electron chi connectivity index (χ0n) is 16.6. The summed E-state index contributed by atoms with van der Waals surface area (Å²) in [5.41, 5.74) is 3.68. The molecule has 0 saturated heterocycles. The summed E-state index contributed by atoms with van der Waals surface area (Å²) >= 11 is 0. The second-order valence-corrected chi connectivity index (χ2v) is 7.51. The summed E-state index contributed by atoms with van der Waals surface area (Å²) in [5, 5.41) is 10.3. The molecular weight excluding hydrogens is 316 g/mol. The van der Waals surface area contributed by atoms with Gasteiger partial charge in [0.05, 0.1) is 0 Å². The van der Waals surface area contributed by atoms with Gasteiger partial charge in [-0.3, -0.25) is 0 Å². The van der Waals surface area contributed by atoms with Gasteiger partial charge in [0.1, 0.15) is 5.75 Å². The smallest absolute Gasteiger partial charge is 0.119 e. The predicted octanol–water partition coefficient (Wildman–Crippen LogP) is 7.45. The topological polar surface area (TPSA) is 20.2 Å². The van der Waals surface area contributed by atoms with Gasteiger partial charge in [-0.15, -0.1) is 0 Å². The first-order valence-electron chi connectivity index (χ1n) is 10.6. The second-order valence-electron chi connectivity index (χ2n) is 7.51. The third kappa shape index (κ3) is 7.64. The number of benzene rings is 2. The summed E-state index contributed by atoms with van der Waals surface area (Å²) in [6, 6.07) is 16.4. The summed E-state index contributed by atoms with van der Waals surface area (Å²) in [5.74, 6) is 0.443. The first-order valence-corrected chi connectivity index (χ1v) is 10.6. The van der Waals surface area contributed by atoms with Gasteiger partial charge in [-0.05, 0) is 30.0 Å². The number of aryl methyl sites for hydroxylation is 1. The Morgan fingerprint density at radius 2 is 1.27 bits per heavy atom. The third-order valence-corrected chi connectivity index (χ3v) is 5.27. The average molecular weight is 353 g/mol. The van der Waals surface area contributed by atoms with Crippen LogP contribution >= 0.6 is 0 Å². The second kappa shape index (κ2) is 12.6. The van der Waals surface area contributed by atoms with Gasteiger partial charge in [0.25, 0.3) is 0 Å². The molecule has 0 spiro atoms. The Hall–Kier alpha value is -1.76. The van der Waals surface area contributed by atoms with E-state index in [4.69, 9.17) is 0 Å². The maximum Gasteiger partial charge on any atom is 0.119 e. The first kappa shape index (κ1) is 20.6. The highest BCUT2D eigenvalue weighted by atomic mass is 16.3. The van der Waals surface area contributed by atoms with Crippen molar-refractivity contribution in [2.45, 2.75) is 84.0 Å². The molecule has 0 atom stereocenters. The summed E-state index contributed by atoms with van der Waals surface area (Å²) in [4.78, 5) is 0. The van der Waals surface area contributed by atoms with Crippen LogP contribution in [0.3, 0.4) is 0 Å². The molecule has 0 amide bonds. The lowest BCUT2D eigenvalue weighted by atomic mass is 9.95. The lowest BCUT2D eigenvalue weighted by Crippen LogP contribution is -1.97. The maximum absolute atomic E-state index is 10.3. The quantitative estimate of drug-likeness (QED) is 0.371. The summed E-state index contributed by atoms with van der Waals surface area (Å²) < 4.78 is 0. The SMILES string of the molecule is CCCCCCCCCCCCc1cccc(O)c1Cc1ccccc1. The Morgan fingerprint density at radius 3 is 1.92 bits per heavy atom. The van der Waals surface area contributed by atoms with Crippen LogP contribution in [0.25, 0.3) is 0 Å². The molecule has 1 heteroatoms. The van der Waals surface area contributed by atoms with Gasteiger partial charge in [-0.2, -0.15) is 0 Å². The zero-order chi connectivity index (χ0) is 18.5. The van der Waals surface area contributed by atoms with E-state index >= 15 is 0 Å². The van der Waals surface area contributed by atoms with Crippen LogP contribution in [0.5, 0.6) is 5.75 Å². The molecule has 1 N–H and O–H groups in total. The molecule has 0 aliphatic heterocycles. The molecular formula is C25H36O. The fourth-order valence-electron chi connectivity index (χ4n) is 3.66. The van der Waals surface area contributed by atoms with Crippen molar-refractivity contribution >= 4 is 0 Å². The van der Waals surface area contributed by atoms with Gasteiger partial charge in [-0.25, -0.2) is 0 Å². The molecule has 0 unspecified atom stereocenters. The largest absolute Gasteiger partial charge is 0.508 e. The predicted molar refractivity (Wildman–Crippen MR) is 113 cm³/mol. The van der Waals surface area contributed by atoms with Gasteiger partial charge < -0.3 is 5.11 Å². The van der Waals surface area contributed by atoms with Crippen LogP contribution in [-0.2, 0) is 12.8 Å². The lowest BCUT2D eigenvalue weighted by Gasteiger charge is -2.12. The standard InChI is InChI=1S/C25H36O/c1-2-3-4-5-6-7-8-9-10-14-18-23-19-15-20-25(26)24(23)21-22-16-12-11-13-17-22/h11-13,15-17,19-20,26H,2-10,14,18,21H2,1H3. The molecule has 0 fully saturated rings. The van der Waals surface area contributed by atoms with Crippen molar-refractivity contribution in [3.05, 3.63) is 65.2 Å². The van der Waals surface area contributed by atoms with Crippen molar-refractivity contribution in [3.8, 4) is 5.75 Å². The van der Waals surface area contributed by atoms with Crippen molar-refractivity contribution in [1.82, 2.24) is 0 Å². The highest BCUT2D eigenvalue weighted by Gasteiger charge is 2.08. The molecule has 1 nitrogen and oxygen atoms in total. The zero-order valence-corrected chi connectivity index (χ0v) is 16.6. The van der Waals surface area contributed by atoms with Crippen molar-refractivity contribution in [1.29, 1.82) is 0 Å². The van der Waals surface area contributed by atoms with Crippen molar-refractivity contribution in [2.24, 2.45) is 0 Å². The highest BCUT2D eigenvalue weighted by Crippen LogP contribution is 2.26. The Morgan fingerprint density at radius 1 is 0.654 bits per heavy atom. The molecule has 0 heterocycles. The maximum atomic E-state index is 10.3. The average Bonchev–Trinajstić information content (AvgIpc) is 2.66. The van der Waals surface area contributed by atoms with Crippen molar-refractivity contribution in [3.63, 3.8) is 0 Å². The van der Waals surface area contributed by atoms with E-state index in [0.29, 0.717) is 5.75 Å². The molecule has 2 aromatic carbocycles. The van der Waals surface area contributed by atoms with Crippen LogP contribution in [0.1, 0.15) is 87.8 Å². The summed E-state index contributed by atoms with van der Waals surface area (Å²) in [6.45, 7) is 2.28. The molecule has 142 valence electrons. The molecule has 0 aliphatic carbocycles. The molecule has 0 radical (unpaired) electrons. The number of hydrogen-bond donors (Lipinski definition) is 1. The van der Waals surface area contributed by atoms with Crippen LogP contribution in [0, 0.1) is 0 Å². The Bertz CT molecular complexity index is 603. The van der Waals surface area contributed by atoms with Crippen molar-refractivity contribution in [2.75, 3.05) is 0 Å². The normalized spacial score (nSPS) is 11.0. The highest BCUT2D eigenvalue weighted by molar-refractivity contribution is 5.42. The minimum absolute atomic E-state index is 0.443.